The number of rotatable bonds is 4. The van der Waals surface area contributed by atoms with Crippen molar-refractivity contribution in [2.24, 2.45) is 0 Å². The highest BCUT2D eigenvalue weighted by atomic mass is 32.2. The molecule has 1 N–H and O–H groups in total. The summed E-state index contributed by atoms with van der Waals surface area (Å²) in [4.78, 5) is 11.4. The van der Waals surface area contributed by atoms with Crippen LogP contribution in [0.3, 0.4) is 0 Å². The molecule has 1 aromatic rings. The Morgan fingerprint density at radius 3 is 2.20 bits per heavy atom. The molecule has 0 heterocycles. The second-order valence-corrected chi connectivity index (χ2v) is 7.74. The van der Waals surface area contributed by atoms with Crippen LogP contribution in [-0.4, -0.2) is 27.0 Å². The molecule has 1 aliphatic carbocycles. The van der Waals surface area contributed by atoms with E-state index in [-0.39, 0.29) is 12.8 Å². The summed E-state index contributed by atoms with van der Waals surface area (Å²) in [5.74, 6) is -0.775. The first-order chi connectivity index (χ1) is 11.6. The average molecular weight is 379 g/mol. The predicted octanol–water partition coefficient (Wildman–Crippen LogP) is 3.25. The molecule has 0 amide bonds. The van der Waals surface area contributed by atoms with Crippen LogP contribution in [-0.2, 0) is 25.7 Å². The van der Waals surface area contributed by atoms with Crippen LogP contribution in [0.25, 0.3) is 0 Å². The molecule has 0 bridgehead atoms. The fourth-order valence-electron chi connectivity index (χ4n) is 3.12. The van der Waals surface area contributed by atoms with Crippen molar-refractivity contribution >= 4 is 16.0 Å². The lowest BCUT2D eigenvalue weighted by atomic mass is 9.92. The highest BCUT2D eigenvalue weighted by Gasteiger charge is 2.45. The summed E-state index contributed by atoms with van der Waals surface area (Å²) in [5.41, 5.74) is -2.81. The third-order valence-electron chi connectivity index (χ3n) is 4.34. The molecule has 2 rings (SSSR count). The van der Waals surface area contributed by atoms with Crippen molar-refractivity contribution in [3.63, 3.8) is 0 Å². The first kappa shape index (κ1) is 19.7. The molecule has 1 fully saturated rings. The maximum absolute atomic E-state index is 13.2. The van der Waals surface area contributed by atoms with Gasteiger partial charge in [-0.05, 0) is 25.0 Å². The molecule has 9 heteroatoms. The zero-order valence-corrected chi connectivity index (χ0v) is 14.5. The van der Waals surface area contributed by atoms with Gasteiger partial charge in [0.05, 0.1) is 17.6 Å². The topological polar surface area (TPSA) is 72.5 Å². The van der Waals surface area contributed by atoms with Gasteiger partial charge in [-0.15, -0.1) is 0 Å². The Labute approximate surface area is 144 Å². The number of hydrogen-bond acceptors (Lipinski definition) is 4. The van der Waals surface area contributed by atoms with Gasteiger partial charge in [0.1, 0.15) is 5.54 Å². The fraction of sp³-hybridized carbons (Fsp3) is 0.562. The van der Waals surface area contributed by atoms with E-state index in [1.165, 1.54) is 6.07 Å². The van der Waals surface area contributed by atoms with Gasteiger partial charge < -0.3 is 4.74 Å². The highest BCUT2D eigenvalue weighted by Crippen LogP contribution is 2.36. The molecule has 140 valence electrons. The molecule has 0 saturated heterocycles. The molecular formula is C16H20F3NO4S. The summed E-state index contributed by atoms with van der Waals surface area (Å²) >= 11 is 0. The van der Waals surface area contributed by atoms with Gasteiger partial charge in [-0.1, -0.05) is 37.8 Å². The second kappa shape index (κ2) is 7.33. The summed E-state index contributed by atoms with van der Waals surface area (Å²) in [7, 11) is -3.44. The minimum Gasteiger partial charge on any atom is -0.468 e. The van der Waals surface area contributed by atoms with Gasteiger partial charge in [0.2, 0.25) is 10.0 Å². The number of nitrogens with one attached hydrogen (secondary N) is 1. The smallest absolute Gasteiger partial charge is 0.417 e. The van der Waals surface area contributed by atoms with E-state index in [0.29, 0.717) is 18.9 Å². The van der Waals surface area contributed by atoms with E-state index in [9.17, 15) is 26.4 Å². The second-order valence-electron chi connectivity index (χ2n) is 6.09. The Bertz CT molecular complexity index is 723. The molecule has 5 nitrogen and oxygen atoms in total. The maximum atomic E-state index is 13.2. The van der Waals surface area contributed by atoms with Crippen molar-refractivity contribution in [3.05, 3.63) is 29.8 Å². The summed E-state index contributed by atoms with van der Waals surface area (Å²) in [5, 5.41) is 0. The van der Waals surface area contributed by atoms with Gasteiger partial charge in [0.15, 0.2) is 0 Å². The third kappa shape index (κ3) is 4.33. The van der Waals surface area contributed by atoms with Crippen LogP contribution in [0.5, 0.6) is 0 Å². The monoisotopic (exact) mass is 379 g/mol. The summed E-state index contributed by atoms with van der Waals surface area (Å²) < 4.78 is 71.8. The first-order valence-corrected chi connectivity index (χ1v) is 9.39. The summed E-state index contributed by atoms with van der Waals surface area (Å²) in [6.45, 7) is 0. The van der Waals surface area contributed by atoms with Crippen molar-refractivity contribution in [3.8, 4) is 0 Å². The van der Waals surface area contributed by atoms with Crippen LogP contribution in [0.15, 0.2) is 29.2 Å². The van der Waals surface area contributed by atoms with E-state index in [0.717, 1.165) is 32.1 Å². The number of esters is 1. The molecule has 1 aliphatic rings. The number of carbonyl (C=O) groups is 1. The van der Waals surface area contributed by atoms with E-state index in [1.807, 2.05) is 0 Å². The minimum atomic E-state index is -4.83. The van der Waals surface area contributed by atoms with Gasteiger partial charge in [-0.2, -0.15) is 17.9 Å². The van der Waals surface area contributed by atoms with Crippen LogP contribution in [0.4, 0.5) is 13.2 Å². The fourth-order valence-corrected chi connectivity index (χ4v) is 4.77. The highest BCUT2D eigenvalue weighted by molar-refractivity contribution is 7.89. The van der Waals surface area contributed by atoms with E-state index in [2.05, 4.69) is 4.72 Å². The zero-order chi connectivity index (χ0) is 18.7. The van der Waals surface area contributed by atoms with Crippen LogP contribution in [0, 0.1) is 0 Å². The largest absolute Gasteiger partial charge is 0.468 e. The number of hydrogen-bond donors (Lipinski definition) is 1. The van der Waals surface area contributed by atoms with Crippen LogP contribution in [0.1, 0.15) is 44.1 Å². The van der Waals surface area contributed by atoms with E-state index >= 15 is 0 Å². The molecular weight excluding hydrogens is 359 g/mol. The van der Waals surface area contributed by atoms with E-state index < -0.39 is 38.2 Å². The van der Waals surface area contributed by atoms with Crippen molar-refractivity contribution in [2.75, 3.05) is 7.11 Å². The van der Waals surface area contributed by atoms with Crippen molar-refractivity contribution < 1.29 is 31.1 Å². The maximum Gasteiger partial charge on any atom is 0.417 e. The number of benzene rings is 1. The number of sulfonamides is 1. The van der Waals surface area contributed by atoms with Gasteiger partial charge in [-0.25, -0.2) is 8.42 Å². The lowest BCUT2D eigenvalue weighted by Crippen LogP contribution is -2.54. The van der Waals surface area contributed by atoms with Gasteiger partial charge in [-0.3, -0.25) is 4.79 Å². The third-order valence-corrected chi connectivity index (χ3v) is 5.94. The van der Waals surface area contributed by atoms with Crippen molar-refractivity contribution in [2.45, 2.75) is 55.1 Å². The van der Waals surface area contributed by atoms with Crippen LogP contribution >= 0.6 is 0 Å². The molecule has 0 aromatic heterocycles. The average Bonchev–Trinajstić information content (AvgIpc) is 2.79. The Morgan fingerprint density at radius 1 is 1.12 bits per heavy atom. The SMILES string of the molecule is COC(=O)C1(NS(=O)(=O)c2ccccc2C(F)(F)F)CCCCCC1. The normalized spacial score (nSPS) is 18.4. The Balaban J connectivity index is 2.47. The Morgan fingerprint density at radius 2 is 1.68 bits per heavy atom. The molecule has 1 saturated carbocycles. The molecule has 0 radical (unpaired) electrons. The standard InChI is InChI=1S/C16H20F3NO4S/c1-24-14(21)15(10-6-2-3-7-11-15)20-25(22,23)13-9-5-4-8-12(13)16(17,18)19/h4-5,8-9,20H,2-3,6-7,10-11H2,1H3. The lowest BCUT2D eigenvalue weighted by Gasteiger charge is -2.31. The summed E-state index contributed by atoms with van der Waals surface area (Å²) in [6.07, 6.45) is -1.65. The zero-order valence-electron chi connectivity index (χ0n) is 13.7. The molecule has 0 spiro atoms. The number of halogens is 3. The van der Waals surface area contributed by atoms with Crippen molar-refractivity contribution in [1.29, 1.82) is 0 Å². The number of ether oxygens (including phenoxy) is 1. The molecule has 25 heavy (non-hydrogen) atoms. The molecule has 0 aliphatic heterocycles. The quantitative estimate of drug-likeness (QED) is 0.644. The molecule has 0 unspecified atom stereocenters. The summed E-state index contributed by atoms with van der Waals surface area (Å²) in [6, 6.07) is 3.91. The molecule has 0 atom stereocenters. The predicted molar refractivity (Wildman–Crippen MR) is 84.2 cm³/mol. The number of carbonyl (C=O) groups excluding carboxylic acids is 1. The first-order valence-electron chi connectivity index (χ1n) is 7.91. The lowest BCUT2D eigenvalue weighted by molar-refractivity contribution is -0.148. The number of methoxy groups -OCH3 is 1. The minimum absolute atomic E-state index is 0.188. The van der Waals surface area contributed by atoms with Crippen LogP contribution < -0.4 is 4.72 Å². The Hall–Kier alpha value is -1.61. The van der Waals surface area contributed by atoms with E-state index in [1.54, 1.807) is 0 Å². The van der Waals surface area contributed by atoms with Gasteiger partial charge >= 0.3 is 12.1 Å². The van der Waals surface area contributed by atoms with Gasteiger partial charge in [0.25, 0.3) is 0 Å². The Kier molecular flexibility index (Phi) is 5.78. The molecule has 1 aromatic carbocycles. The number of alkyl halides is 3. The van der Waals surface area contributed by atoms with E-state index in [4.69, 9.17) is 4.74 Å². The van der Waals surface area contributed by atoms with Crippen molar-refractivity contribution in [1.82, 2.24) is 4.72 Å². The van der Waals surface area contributed by atoms with Gasteiger partial charge in [0, 0.05) is 0 Å². The van der Waals surface area contributed by atoms with Crippen LogP contribution in [0.2, 0.25) is 0 Å².